The molecule has 3 N–H and O–H groups in total. The van der Waals surface area contributed by atoms with Gasteiger partial charge in [-0.05, 0) is 28.2 Å². The van der Waals surface area contributed by atoms with Crippen molar-refractivity contribution >= 4 is 18.0 Å². The molecule has 0 bridgehead atoms. The standard InChI is InChI=1S/C25H30N2O6/c1-16(2)22(13-24(29)30)27-23(28)15-32-12-11-26-25(31)33-14-21-19-9-5-3-7-17(19)18-8-4-6-10-20(18)21/h3-10,16,21-22H,11-15H2,1-2H3,(H,26,31)(H,27,28)(H,29,30)/t22-/m0/s1. The maximum Gasteiger partial charge on any atom is 0.407 e. The predicted molar refractivity (Wildman–Crippen MR) is 123 cm³/mol. The Kier molecular flexibility index (Phi) is 8.43. The van der Waals surface area contributed by atoms with Crippen LogP contribution in [0.4, 0.5) is 4.79 Å². The zero-order chi connectivity index (χ0) is 23.8. The van der Waals surface area contributed by atoms with Crippen LogP contribution in [0.1, 0.15) is 37.3 Å². The molecular formula is C25H30N2O6. The van der Waals surface area contributed by atoms with Gasteiger partial charge in [0.25, 0.3) is 0 Å². The number of amides is 2. The van der Waals surface area contributed by atoms with Gasteiger partial charge in [-0.15, -0.1) is 0 Å². The van der Waals surface area contributed by atoms with Gasteiger partial charge >= 0.3 is 12.1 Å². The van der Waals surface area contributed by atoms with Crippen molar-refractivity contribution in [2.24, 2.45) is 5.92 Å². The molecule has 2 aromatic rings. The van der Waals surface area contributed by atoms with Crippen LogP contribution in [-0.4, -0.2) is 55.5 Å². The van der Waals surface area contributed by atoms with E-state index in [-0.39, 0.29) is 44.6 Å². The maximum atomic E-state index is 12.1. The number of carbonyl (C=O) groups is 3. The fourth-order valence-electron chi connectivity index (χ4n) is 3.93. The van der Waals surface area contributed by atoms with Gasteiger partial charge in [-0.3, -0.25) is 9.59 Å². The van der Waals surface area contributed by atoms with Crippen LogP contribution in [0.2, 0.25) is 0 Å². The van der Waals surface area contributed by atoms with E-state index < -0.39 is 24.0 Å². The molecular weight excluding hydrogens is 424 g/mol. The van der Waals surface area contributed by atoms with Gasteiger partial charge < -0.3 is 25.2 Å². The molecule has 1 aliphatic rings. The van der Waals surface area contributed by atoms with Crippen molar-refractivity contribution in [2.45, 2.75) is 32.2 Å². The first kappa shape index (κ1) is 24.3. The lowest BCUT2D eigenvalue weighted by Crippen LogP contribution is -2.42. The van der Waals surface area contributed by atoms with Crippen LogP contribution in [0.25, 0.3) is 11.1 Å². The number of carboxylic acids is 1. The minimum atomic E-state index is -0.970. The summed E-state index contributed by atoms with van der Waals surface area (Å²) in [6.07, 6.45) is -0.696. The second-order valence-electron chi connectivity index (χ2n) is 8.32. The second kappa shape index (κ2) is 11.5. The summed E-state index contributed by atoms with van der Waals surface area (Å²) in [7, 11) is 0. The van der Waals surface area contributed by atoms with Crippen LogP contribution in [-0.2, 0) is 19.1 Å². The number of fused-ring (bicyclic) bond motifs is 3. The van der Waals surface area contributed by atoms with E-state index in [0.717, 1.165) is 22.3 Å². The third-order valence-corrected chi connectivity index (χ3v) is 5.64. The average Bonchev–Trinajstić information content (AvgIpc) is 3.10. The molecule has 0 saturated heterocycles. The second-order valence-corrected chi connectivity index (χ2v) is 8.32. The van der Waals surface area contributed by atoms with Crippen molar-refractivity contribution in [3.8, 4) is 11.1 Å². The zero-order valence-corrected chi connectivity index (χ0v) is 18.9. The van der Waals surface area contributed by atoms with Gasteiger partial charge in [-0.1, -0.05) is 62.4 Å². The molecule has 0 aliphatic heterocycles. The molecule has 0 fully saturated rings. The molecule has 8 heteroatoms. The minimum Gasteiger partial charge on any atom is -0.481 e. The first-order valence-corrected chi connectivity index (χ1v) is 11.0. The Bertz CT molecular complexity index is 945. The summed E-state index contributed by atoms with van der Waals surface area (Å²) in [6.45, 7) is 4.01. The van der Waals surface area contributed by atoms with Crippen LogP contribution in [0.15, 0.2) is 48.5 Å². The number of rotatable bonds is 11. The highest BCUT2D eigenvalue weighted by Crippen LogP contribution is 2.44. The quantitative estimate of drug-likeness (QED) is 0.450. The van der Waals surface area contributed by atoms with Crippen molar-refractivity contribution in [1.82, 2.24) is 10.6 Å². The summed E-state index contributed by atoms with van der Waals surface area (Å²) < 4.78 is 10.7. The predicted octanol–water partition coefficient (Wildman–Crippen LogP) is 3.16. The third kappa shape index (κ3) is 6.55. The van der Waals surface area contributed by atoms with Gasteiger partial charge in [-0.2, -0.15) is 0 Å². The lowest BCUT2D eigenvalue weighted by Gasteiger charge is -2.20. The Labute approximate surface area is 193 Å². The molecule has 33 heavy (non-hydrogen) atoms. The summed E-state index contributed by atoms with van der Waals surface area (Å²) >= 11 is 0. The largest absolute Gasteiger partial charge is 0.481 e. The number of benzene rings is 2. The molecule has 8 nitrogen and oxygen atoms in total. The zero-order valence-electron chi connectivity index (χ0n) is 18.9. The number of nitrogens with one attached hydrogen (secondary N) is 2. The molecule has 3 rings (SSSR count). The lowest BCUT2D eigenvalue weighted by atomic mass is 9.98. The molecule has 0 radical (unpaired) electrons. The Morgan fingerprint density at radius 1 is 1.00 bits per heavy atom. The number of alkyl carbamates (subject to hydrolysis) is 1. The minimum absolute atomic E-state index is 0.0113. The molecule has 0 saturated carbocycles. The van der Waals surface area contributed by atoms with E-state index in [1.807, 2.05) is 38.1 Å². The molecule has 0 heterocycles. The number of carbonyl (C=O) groups excluding carboxylic acids is 2. The molecule has 176 valence electrons. The number of ether oxygens (including phenoxy) is 2. The van der Waals surface area contributed by atoms with Crippen molar-refractivity contribution < 1.29 is 29.0 Å². The summed E-state index contributed by atoms with van der Waals surface area (Å²) in [5, 5.41) is 14.2. The fourth-order valence-corrected chi connectivity index (χ4v) is 3.93. The van der Waals surface area contributed by atoms with Crippen molar-refractivity contribution in [3.05, 3.63) is 59.7 Å². The van der Waals surface area contributed by atoms with Gasteiger partial charge in [0, 0.05) is 18.5 Å². The topological polar surface area (TPSA) is 114 Å². The summed E-state index contributed by atoms with van der Waals surface area (Å²) in [6, 6.07) is 15.8. The van der Waals surface area contributed by atoms with Crippen LogP contribution in [0.5, 0.6) is 0 Å². The van der Waals surface area contributed by atoms with Crippen LogP contribution in [0, 0.1) is 5.92 Å². The average molecular weight is 455 g/mol. The van der Waals surface area contributed by atoms with Crippen LogP contribution in [0.3, 0.4) is 0 Å². The summed E-state index contributed by atoms with van der Waals surface area (Å²) in [4.78, 5) is 34.9. The fraction of sp³-hybridized carbons (Fsp3) is 0.400. The van der Waals surface area contributed by atoms with Crippen LogP contribution >= 0.6 is 0 Å². The van der Waals surface area contributed by atoms with E-state index >= 15 is 0 Å². The Hall–Kier alpha value is -3.39. The normalized spacial score (nSPS) is 13.2. The number of hydrogen-bond donors (Lipinski definition) is 3. The molecule has 2 aromatic carbocycles. The first-order chi connectivity index (χ1) is 15.9. The Morgan fingerprint density at radius 2 is 1.61 bits per heavy atom. The highest BCUT2D eigenvalue weighted by atomic mass is 16.5. The molecule has 1 atom stereocenters. The van der Waals surface area contributed by atoms with Gasteiger partial charge in [0.1, 0.15) is 13.2 Å². The van der Waals surface area contributed by atoms with E-state index in [4.69, 9.17) is 14.6 Å². The number of carboxylic acid groups (broad SMARTS) is 1. The third-order valence-electron chi connectivity index (χ3n) is 5.64. The van der Waals surface area contributed by atoms with Gasteiger partial charge in [0.05, 0.1) is 13.0 Å². The van der Waals surface area contributed by atoms with E-state index in [1.165, 1.54) is 0 Å². The highest BCUT2D eigenvalue weighted by molar-refractivity contribution is 5.79. The SMILES string of the molecule is CC(C)[C@H](CC(=O)O)NC(=O)COCCNC(=O)OCC1c2ccccc2-c2ccccc21. The molecule has 2 amide bonds. The van der Waals surface area contributed by atoms with E-state index in [0.29, 0.717) is 0 Å². The monoisotopic (exact) mass is 454 g/mol. The van der Waals surface area contributed by atoms with E-state index in [1.54, 1.807) is 0 Å². The van der Waals surface area contributed by atoms with Crippen molar-refractivity contribution in [1.29, 1.82) is 0 Å². The lowest BCUT2D eigenvalue weighted by molar-refractivity contribution is -0.138. The maximum absolute atomic E-state index is 12.1. The Balaban J connectivity index is 1.37. The first-order valence-electron chi connectivity index (χ1n) is 11.0. The van der Waals surface area contributed by atoms with Crippen molar-refractivity contribution in [2.75, 3.05) is 26.4 Å². The molecule has 0 aromatic heterocycles. The van der Waals surface area contributed by atoms with Crippen molar-refractivity contribution in [3.63, 3.8) is 0 Å². The van der Waals surface area contributed by atoms with E-state index in [9.17, 15) is 14.4 Å². The highest BCUT2D eigenvalue weighted by Gasteiger charge is 2.29. The summed E-state index contributed by atoms with van der Waals surface area (Å²) in [5.41, 5.74) is 4.61. The number of aliphatic carboxylic acids is 1. The summed E-state index contributed by atoms with van der Waals surface area (Å²) in [5.74, 6) is -1.39. The van der Waals surface area contributed by atoms with E-state index in [2.05, 4.69) is 34.9 Å². The molecule has 0 spiro atoms. The smallest absolute Gasteiger partial charge is 0.407 e. The molecule has 0 unspecified atom stereocenters. The van der Waals surface area contributed by atoms with Gasteiger partial charge in [0.2, 0.25) is 5.91 Å². The van der Waals surface area contributed by atoms with Gasteiger partial charge in [0.15, 0.2) is 0 Å². The molecule has 1 aliphatic carbocycles. The Morgan fingerprint density at radius 3 is 2.18 bits per heavy atom. The van der Waals surface area contributed by atoms with Crippen LogP contribution < -0.4 is 10.6 Å². The number of hydrogen-bond acceptors (Lipinski definition) is 5. The van der Waals surface area contributed by atoms with Gasteiger partial charge in [-0.25, -0.2) is 4.79 Å².